The summed E-state index contributed by atoms with van der Waals surface area (Å²) in [6.07, 6.45) is 11.5. The highest BCUT2D eigenvalue weighted by atomic mass is 14.8. The minimum absolute atomic E-state index is 0.598. The number of hydrogen-bond donors (Lipinski definition) is 1. The Balaban J connectivity index is 2.09. The largest absolute Gasteiger partial charge is 0.383 e. The van der Waals surface area contributed by atoms with Crippen molar-refractivity contribution in [3.63, 3.8) is 0 Å². The predicted octanol–water partition coefficient (Wildman–Crippen LogP) is 3.14. The molecule has 1 aliphatic rings. The van der Waals surface area contributed by atoms with Crippen LogP contribution in [-0.2, 0) is 0 Å². The zero-order valence-corrected chi connectivity index (χ0v) is 10.6. The molecule has 92 valence electrons. The maximum Gasteiger partial charge on any atom is 0.125 e. The summed E-state index contributed by atoms with van der Waals surface area (Å²) in [7, 11) is 0. The Hall–Kier alpha value is -2.09. The van der Waals surface area contributed by atoms with E-state index in [2.05, 4.69) is 54.4 Å². The number of nitrogens with two attached hydrogens (primary N) is 1. The molecule has 2 N–H and O–H groups in total. The van der Waals surface area contributed by atoms with Gasteiger partial charge in [0.1, 0.15) is 5.84 Å². The van der Waals surface area contributed by atoms with Crippen LogP contribution in [0.15, 0.2) is 65.2 Å². The molecular weight excluding hydrogens is 220 g/mol. The van der Waals surface area contributed by atoms with Crippen molar-refractivity contribution in [1.29, 1.82) is 0 Å². The third-order valence-corrected chi connectivity index (χ3v) is 2.80. The molecule has 0 saturated carbocycles. The lowest BCUT2D eigenvalue weighted by Crippen LogP contribution is -2.14. The Bertz CT molecular complexity index is 534. The van der Waals surface area contributed by atoms with Crippen LogP contribution >= 0.6 is 0 Å². The zero-order chi connectivity index (χ0) is 12.8. The van der Waals surface area contributed by atoms with Crippen molar-refractivity contribution in [2.45, 2.75) is 13.3 Å². The molecule has 0 aromatic heterocycles. The predicted molar refractivity (Wildman–Crippen MR) is 77.8 cm³/mol. The first-order chi connectivity index (χ1) is 8.75. The minimum Gasteiger partial charge on any atom is -0.383 e. The lowest BCUT2D eigenvalue weighted by atomic mass is 10.1. The Morgan fingerprint density at radius 1 is 1.33 bits per heavy atom. The molecule has 0 aliphatic heterocycles. The van der Waals surface area contributed by atoms with Crippen molar-refractivity contribution in [2.24, 2.45) is 10.7 Å². The minimum atomic E-state index is 0.598. The number of amidine groups is 1. The number of nitrogens with zero attached hydrogens (tertiary/aromatic N) is 1. The zero-order valence-electron chi connectivity index (χ0n) is 10.6. The first-order valence-corrected chi connectivity index (χ1v) is 6.15. The fourth-order valence-corrected chi connectivity index (χ4v) is 1.80. The highest BCUT2D eigenvalue weighted by molar-refractivity contribution is 5.97. The van der Waals surface area contributed by atoms with Crippen LogP contribution in [0.5, 0.6) is 0 Å². The first kappa shape index (κ1) is 12.4. The number of benzene rings is 1. The highest BCUT2D eigenvalue weighted by Crippen LogP contribution is 2.07. The van der Waals surface area contributed by atoms with Crippen molar-refractivity contribution in [3.8, 4) is 0 Å². The highest BCUT2D eigenvalue weighted by Gasteiger charge is 1.99. The molecular formula is C16H18N2. The normalized spacial score (nSPS) is 15.4. The Kier molecular flexibility index (Phi) is 4.13. The van der Waals surface area contributed by atoms with Gasteiger partial charge in [-0.1, -0.05) is 54.1 Å². The maximum absolute atomic E-state index is 6.00. The van der Waals surface area contributed by atoms with Gasteiger partial charge in [-0.3, -0.25) is 4.99 Å². The van der Waals surface area contributed by atoms with Gasteiger partial charge in [-0.25, -0.2) is 0 Å². The number of hydrogen-bond acceptors (Lipinski definition) is 1. The number of aryl methyl sites for hydroxylation is 1. The van der Waals surface area contributed by atoms with Gasteiger partial charge in [0.15, 0.2) is 0 Å². The molecule has 0 bridgehead atoms. The van der Waals surface area contributed by atoms with Crippen LogP contribution in [0.3, 0.4) is 0 Å². The molecule has 0 fully saturated rings. The second-order valence-corrected chi connectivity index (χ2v) is 4.38. The van der Waals surface area contributed by atoms with Crippen LogP contribution in [0.4, 0.5) is 0 Å². The maximum atomic E-state index is 6.00. The lowest BCUT2D eigenvalue weighted by molar-refractivity contribution is 1.17. The number of aliphatic imine (C=N–C) groups is 1. The molecule has 2 rings (SSSR count). The van der Waals surface area contributed by atoms with E-state index < -0.39 is 0 Å². The molecule has 0 spiro atoms. The molecule has 0 amide bonds. The monoisotopic (exact) mass is 238 g/mol. The Morgan fingerprint density at radius 2 is 2.22 bits per heavy atom. The van der Waals surface area contributed by atoms with Gasteiger partial charge in [-0.2, -0.15) is 0 Å². The van der Waals surface area contributed by atoms with Crippen LogP contribution in [-0.4, -0.2) is 12.4 Å². The van der Waals surface area contributed by atoms with Gasteiger partial charge in [-0.15, -0.1) is 0 Å². The Labute approximate surface area is 108 Å². The van der Waals surface area contributed by atoms with Crippen LogP contribution in [0, 0.1) is 6.92 Å². The third kappa shape index (κ3) is 3.45. The first-order valence-electron chi connectivity index (χ1n) is 6.15. The van der Waals surface area contributed by atoms with Crippen LogP contribution in [0.2, 0.25) is 0 Å². The van der Waals surface area contributed by atoms with Gasteiger partial charge in [-0.05, 0) is 25.0 Å². The van der Waals surface area contributed by atoms with E-state index in [1.165, 1.54) is 11.1 Å². The van der Waals surface area contributed by atoms with E-state index in [4.69, 9.17) is 5.73 Å². The Morgan fingerprint density at radius 3 is 3.06 bits per heavy atom. The fraction of sp³-hybridized carbons (Fsp3) is 0.188. The standard InChI is InChI=1S/C16H18N2/c1-13-7-6-10-15(11-13)16(17)18-12-14-8-4-2-3-5-9-14/h2,4-11H,3,12H2,1H3,(H2,17,18). The van der Waals surface area contributed by atoms with E-state index in [-0.39, 0.29) is 0 Å². The molecule has 0 unspecified atom stereocenters. The van der Waals surface area contributed by atoms with Crippen LogP contribution < -0.4 is 5.73 Å². The van der Waals surface area contributed by atoms with Crippen LogP contribution in [0.1, 0.15) is 17.5 Å². The summed E-state index contributed by atoms with van der Waals surface area (Å²) in [5.41, 5.74) is 9.37. The average molecular weight is 238 g/mol. The molecule has 1 aromatic rings. The van der Waals surface area contributed by atoms with E-state index >= 15 is 0 Å². The molecule has 0 heterocycles. The van der Waals surface area contributed by atoms with Crippen molar-refractivity contribution >= 4 is 5.84 Å². The van der Waals surface area contributed by atoms with E-state index in [9.17, 15) is 0 Å². The SMILES string of the molecule is Cc1cccc(C(N)=NCC2=CC=CCC=C2)c1. The summed E-state index contributed by atoms with van der Waals surface area (Å²) in [6, 6.07) is 8.10. The van der Waals surface area contributed by atoms with Gasteiger partial charge < -0.3 is 5.73 Å². The summed E-state index contributed by atoms with van der Waals surface area (Å²) < 4.78 is 0. The topological polar surface area (TPSA) is 38.4 Å². The van der Waals surface area contributed by atoms with Gasteiger partial charge in [0.25, 0.3) is 0 Å². The number of allylic oxidation sites excluding steroid dienone is 4. The summed E-state index contributed by atoms with van der Waals surface area (Å²) >= 11 is 0. The molecule has 2 nitrogen and oxygen atoms in total. The lowest BCUT2D eigenvalue weighted by Gasteiger charge is -2.03. The molecule has 0 saturated heterocycles. The van der Waals surface area contributed by atoms with E-state index in [0.29, 0.717) is 12.4 Å². The molecule has 1 aliphatic carbocycles. The van der Waals surface area contributed by atoms with E-state index in [0.717, 1.165) is 12.0 Å². The molecule has 1 aromatic carbocycles. The van der Waals surface area contributed by atoms with Gasteiger partial charge in [0.05, 0.1) is 6.54 Å². The summed E-state index contributed by atoms with van der Waals surface area (Å²) in [5, 5.41) is 0. The third-order valence-electron chi connectivity index (χ3n) is 2.80. The summed E-state index contributed by atoms with van der Waals surface area (Å²) in [4.78, 5) is 4.44. The van der Waals surface area contributed by atoms with E-state index in [1.54, 1.807) is 0 Å². The van der Waals surface area contributed by atoms with Crippen molar-refractivity contribution < 1.29 is 0 Å². The van der Waals surface area contributed by atoms with Crippen LogP contribution in [0.25, 0.3) is 0 Å². The number of rotatable bonds is 3. The second kappa shape index (κ2) is 6.01. The van der Waals surface area contributed by atoms with Gasteiger partial charge in [0.2, 0.25) is 0 Å². The van der Waals surface area contributed by atoms with Crippen molar-refractivity contribution in [1.82, 2.24) is 0 Å². The van der Waals surface area contributed by atoms with Crippen molar-refractivity contribution in [3.05, 3.63) is 71.3 Å². The average Bonchev–Trinajstić information content (AvgIpc) is 2.64. The summed E-state index contributed by atoms with van der Waals surface area (Å²) in [5.74, 6) is 0.598. The smallest absolute Gasteiger partial charge is 0.125 e. The molecule has 0 radical (unpaired) electrons. The quantitative estimate of drug-likeness (QED) is 0.637. The van der Waals surface area contributed by atoms with E-state index in [1.807, 2.05) is 12.1 Å². The second-order valence-electron chi connectivity index (χ2n) is 4.38. The van der Waals surface area contributed by atoms with Gasteiger partial charge >= 0.3 is 0 Å². The van der Waals surface area contributed by atoms with Gasteiger partial charge in [0, 0.05) is 5.56 Å². The van der Waals surface area contributed by atoms with Crippen molar-refractivity contribution in [2.75, 3.05) is 6.54 Å². The molecule has 2 heteroatoms. The fourth-order valence-electron chi connectivity index (χ4n) is 1.80. The molecule has 0 atom stereocenters. The summed E-state index contributed by atoms with van der Waals surface area (Å²) in [6.45, 7) is 2.68. The molecule has 18 heavy (non-hydrogen) atoms.